The average molecular weight is 298 g/mol. The summed E-state index contributed by atoms with van der Waals surface area (Å²) < 4.78 is 0. The molecular formula is C16H18N4S. The van der Waals surface area contributed by atoms with Gasteiger partial charge in [-0.3, -0.25) is 0 Å². The van der Waals surface area contributed by atoms with Crippen molar-refractivity contribution in [2.45, 2.75) is 24.9 Å². The first-order valence-corrected chi connectivity index (χ1v) is 8.61. The zero-order valence-corrected chi connectivity index (χ0v) is 12.6. The van der Waals surface area contributed by atoms with Gasteiger partial charge in [0.25, 0.3) is 0 Å². The summed E-state index contributed by atoms with van der Waals surface area (Å²) >= 11 is 1.75. The number of hydrogen-bond donors (Lipinski definition) is 1. The monoisotopic (exact) mass is 298 g/mol. The van der Waals surface area contributed by atoms with Crippen LogP contribution in [-0.2, 0) is 0 Å². The van der Waals surface area contributed by atoms with Crippen LogP contribution in [0.5, 0.6) is 0 Å². The molecule has 5 heteroatoms. The van der Waals surface area contributed by atoms with Crippen molar-refractivity contribution in [1.82, 2.24) is 15.5 Å². The highest BCUT2D eigenvalue weighted by atomic mass is 32.1. The number of fused-ring (bicyclic) bond motifs is 5. The molecule has 3 aliphatic heterocycles. The minimum Gasteiger partial charge on any atom is -0.340 e. The quantitative estimate of drug-likeness (QED) is 0.924. The van der Waals surface area contributed by atoms with E-state index >= 15 is 0 Å². The zero-order chi connectivity index (χ0) is 13.8. The molecule has 1 aromatic carbocycles. The number of anilines is 1. The standard InChI is InChI=1S/C16H18N4S/c1-2-4-10(5-3-1)15-18-19-16(21-15)20-13-6-7-14(20)12-9-17-8-11(12)13/h1-5,11-14,17H,6-9H2/t11-,12+,13-,14+. The van der Waals surface area contributed by atoms with Crippen molar-refractivity contribution in [3.63, 3.8) is 0 Å². The Morgan fingerprint density at radius 2 is 1.71 bits per heavy atom. The maximum absolute atomic E-state index is 4.52. The Labute approximate surface area is 128 Å². The molecular weight excluding hydrogens is 280 g/mol. The topological polar surface area (TPSA) is 41.1 Å². The van der Waals surface area contributed by atoms with Crippen molar-refractivity contribution in [1.29, 1.82) is 0 Å². The summed E-state index contributed by atoms with van der Waals surface area (Å²) in [5.74, 6) is 1.65. The molecule has 0 radical (unpaired) electrons. The third-order valence-electron chi connectivity index (χ3n) is 5.43. The van der Waals surface area contributed by atoms with Crippen molar-refractivity contribution < 1.29 is 0 Å². The highest BCUT2D eigenvalue weighted by Crippen LogP contribution is 2.50. The van der Waals surface area contributed by atoms with E-state index in [0.717, 1.165) is 22.0 Å². The summed E-state index contributed by atoms with van der Waals surface area (Å²) in [7, 11) is 0. The van der Waals surface area contributed by atoms with Gasteiger partial charge in [0.15, 0.2) is 0 Å². The van der Waals surface area contributed by atoms with Crippen LogP contribution in [0.15, 0.2) is 30.3 Å². The molecule has 3 fully saturated rings. The molecule has 4 nitrogen and oxygen atoms in total. The summed E-state index contributed by atoms with van der Waals surface area (Å²) in [6, 6.07) is 11.8. The third-order valence-corrected chi connectivity index (χ3v) is 6.41. The number of nitrogens with zero attached hydrogens (tertiary/aromatic N) is 3. The Balaban J connectivity index is 1.48. The van der Waals surface area contributed by atoms with Crippen LogP contribution in [0.4, 0.5) is 5.13 Å². The number of aromatic nitrogens is 2. The highest BCUT2D eigenvalue weighted by Gasteiger charge is 2.55. The van der Waals surface area contributed by atoms with Gasteiger partial charge in [0, 0.05) is 30.7 Å². The summed E-state index contributed by atoms with van der Waals surface area (Å²) in [4.78, 5) is 2.60. The first-order chi connectivity index (χ1) is 10.4. The SMILES string of the molecule is c1ccc(-c2nnc(N3[C@@H]4CC[C@H]3[C@H]3CNC[C@H]34)s2)cc1. The Morgan fingerprint density at radius 3 is 2.43 bits per heavy atom. The fraction of sp³-hybridized carbons (Fsp3) is 0.500. The summed E-state index contributed by atoms with van der Waals surface area (Å²) in [6.45, 7) is 2.37. The lowest BCUT2D eigenvalue weighted by Crippen LogP contribution is -2.34. The van der Waals surface area contributed by atoms with Crippen LogP contribution in [-0.4, -0.2) is 35.4 Å². The Morgan fingerprint density at radius 1 is 1.00 bits per heavy atom. The van der Waals surface area contributed by atoms with E-state index in [4.69, 9.17) is 0 Å². The molecule has 0 saturated carbocycles. The summed E-state index contributed by atoms with van der Waals surface area (Å²) in [5.41, 5.74) is 1.18. The van der Waals surface area contributed by atoms with Gasteiger partial charge in [0.2, 0.25) is 5.13 Å². The second kappa shape index (κ2) is 4.52. The van der Waals surface area contributed by atoms with Gasteiger partial charge in [0.1, 0.15) is 5.01 Å². The molecule has 0 amide bonds. The maximum Gasteiger partial charge on any atom is 0.209 e. The predicted octanol–water partition coefficient (Wildman–Crippen LogP) is 2.39. The molecule has 0 aliphatic carbocycles. The van der Waals surface area contributed by atoms with Gasteiger partial charge in [-0.2, -0.15) is 0 Å². The lowest BCUT2D eigenvalue weighted by atomic mass is 9.82. The van der Waals surface area contributed by atoms with Gasteiger partial charge in [-0.15, -0.1) is 10.2 Å². The molecule has 1 aromatic heterocycles. The van der Waals surface area contributed by atoms with Gasteiger partial charge in [-0.25, -0.2) is 0 Å². The minimum absolute atomic E-state index is 0.687. The Bertz CT molecular complexity index is 637. The molecule has 3 saturated heterocycles. The maximum atomic E-state index is 4.52. The summed E-state index contributed by atoms with van der Waals surface area (Å²) in [5, 5.41) is 14.7. The minimum atomic E-state index is 0.687. The fourth-order valence-electron chi connectivity index (χ4n) is 4.57. The predicted molar refractivity (Wildman–Crippen MR) is 84.5 cm³/mol. The van der Waals surface area contributed by atoms with Crippen molar-refractivity contribution in [3.8, 4) is 10.6 Å². The van der Waals surface area contributed by atoms with E-state index < -0.39 is 0 Å². The number of rotatable bonds is 2. The second-order valence-electron chi connectivity index (χ2n) is 6.36. The molecule has 4 atom stereocenters. The summed E-state index contributed by atoms with van der Waals surface area (Å²) in [6.07, 6.45) is 2.65. The fourth-order valence-corrected chi connectivity index (χ4v) is 5.54. The Kier molecular flexibility index (Phi) is 2.61. The van der Waals surface area contributed by atoms with E-state index in [1.165, 1.54) is 31.5 Å². The van der Waals surface area contributed by atoms with Crippen LogP contribution in [0.3, 0.4) is 0 Å². The van der Waals surface area contributed by atoms with Crippen LogP contribution in [0, 0.1) is 11.8 Å². The molecule has 1 N–H and O–H groups in total. The first-order valence-electron chi connectivity index (χ1n) is 7.80. The second-order valence-corrected chi connectivity index (χ2v) is 7.32. The van der Waals surface area contributed by atoms with Gasteiger partial charge in [-0.1, -0.05) is 41.7 Å². The smallest absolute Gasteiger partial charge is 0.209 e. The Hall–Kier alpha value is -1.46. The van der Waals surface area contributed by atoms with Crippen LogP contribution < -0.4 is 10.2 Å². The average Bonchev–Trinajstić information content (AvgIpc) is 3.28. The van der Waals surface area contributed by atoms with E-state index in [1.807, 2.05) is 6.07 Å². The van der Waals surface area contributed by atoms with E-state index in [1.54, 1.807) is 11.3 Å². The largest absolute Gasteiger partial charge is 0.340 e. The molecule has 21 heavy (non-hydrogen) atoms. The van der Waals surface area contributed by atoms with E-state index in [-0.39, 0.29) is 0 Å². The van der Waals surface area contributed by atoms with Gasteiger partial charge >= 0.3 is 0 Å². The molecule has 2 aromatic rings. The van der Waals surface area contributed by atoms with Gasteiger partial charge in [-0.05, 0) is 24.7 Å². The molecule has 5 rings (SSSR count). The van der Waals surface area contributed by atoms with Crippen LogP contribution >= 0.6 is 11.3 Å². The van der Waals surface area contributed by atoms with E-state index in [9.17, 15) is 0 Å². The van der Waals surface area contributed by atoms with Gasteiger partial charge in [0.05, 0.1) is 0 Å². The molecule has 108 valence electrons. The molecule has 4 heterocycles. The normalized spacial score (nSPS) is 33.6. The third kappa shape index (κ3) is 1.71. The van der Waals surface area contributed by atoms with Crippen molar-refractivity contribution in [3.05, 3.63) is 30.3 Å². The number of hydrogen-bond acceptors (Lipinski definition) is 5. The van der Waals surface area contributed by atoms with Crippen molar-refractivity contribution >= 4 is 16.5 Å². The van der Waals surface area contributed by atoms with Crippen molar-refractivity contribution in [2.24, 2.45) is 11.8 Å². The van der Waals surface area contributed by atoms with Crippen LogP contribution in [0.1, 0.15) is 12.8 Å². The first kappa shape index (κ1) is 12.1. The van der Waals surface area contributed by atoms with Crippen molar-refractivity contribution in [2.75, 3.05) is 18.0 Å². The lowest BCUT2D eigenvalue weighted by molar-refractivity contribution is 0.354. The highest BCUT2D eigenvalue weighted by molar-refractivity contribution is 7.18. The lowest BCUT2D eigenvalue weighted by Gasteiger charge is -2.23. The molecule has 3 aliphatic rings. The number of benzene rings is 1. The molecule has 0 spiro atoms. The van der Waals surface area contributed by atoms with E-state index in [0.29, 0.717) is 12.1 Å². The molecule has 2 bridgehead atoms. The van der Waals surface area contributed by atoms with Crippen LogP contribution in [0.2, 0.25) is 0 Å². The molecule has 0 unspecified atom stereocenters. The van der Waals surface area contributed by atoms with Gasteiger partial charge < -0.3 is 10.2 Å². The zero-order valence-electron chi connectivity index (χ0n) is 11.8. The van der Waals surface area contributed by atoms with Crippen LogP contribution in [0.25, 0.3) is 10.6 Å². The van der Waals surface area contributed by atoms with E-state index in [2.05, 4.69) is 44.7 Å². The number of nitrogens with one attached hydrogen (secondary N) is 1.